The van der Waals surface area contributed by atoms with E-state index in [-0.39, 0.29) is 18.4 Å². The summed E-state index contributed by atoms with van der Waals surface area (Å²) < 4.78 is 6.32. The summed E-state index contributed by atoms with van der Waals surface area (Å²) in [5.41, 5.74) is 7.33. The maximum Gasteiger partial charge on any atom is 0.0469 e. The third-order valence-electron chi connectivity index (χ3n) is 2.88. The molecule has 0 amide bonds. The average Bonchev–Trinajstić information content (AvgIpc) is 2.29. The smallest absolute Gasteiger partial charge is 0.0469 e. The zero-order valence-electron chi connectivity index (χ0n) is 8.93. The molecule has 16 heavy (non-hydrogen) atoms. The second-order valence-electron chi connectivity index (χ2n) is 3.91. The van der Waals surface area contributed by atoms with E-state index in [2.05, 4.69) is 20.9 Å². The highest BCUT2D eigenvalue weighted by Gasteiger charge is 2.22. The molecule has 0 aromatic carbocycles. The summed E-state index contributed by atoms with van der Waals surface area (Å²) in [4.78, 5) is 4.14. The van der Waals surface area contributed by atoms with Crippen LogP contribution < -0.4 is 5.73 Å². The van der Waals surface area contributed by atoms with Gasteiger partial charge in [0, 0.05) is 36.1 Å². The zero-order valence-corrected chi connectivity index (χ0v) is 11.3. The minimum absolute atomic E-state index is 0. The highest BCUT2D eigenvalue weighted by atomic mass is 79.9. The van der Waals surface area contributed by atoms with E-state index in [0.717, 1.165) is 36.1 Å². The van der Waals surface area contributed by atoms with Crippen LogP contribution in [0.25, 0.3) is 0 Å². The van der Waals surface area contributed by atoms with Crippen molar-refractivity contribution in [2.45, 2.75) is 18.9 Å². The number of halogens is 2. The van der Waals surface area contributed by atoms with Gasteiger partial charge < -0.3 is 10.5 Å². The summed E-state index contributed by atoms with van der Waals surface area (Å²) in [6.45, 7) is 1.67. The Labute approximate surface area is 110 Å². The van der Waals surface area contributed by atoms with Crippen LogP contribution in [0, 0.1) is 5.92 Å². The van der Waals surface area contributed by atoms with E-state index in [1.165, 1.54) is 0 Å². The number of nitrogens with two attached hydrogens (primary N) is 1. The average molecular weight is 308 g/mol. The maximum atomic E-state index is 6.22. The Morgan fingerprint density at radius 3 is 2.69 bits per heavy atom. The highest BCUT2D eigenvalue weighted by molar-refractivity contribution is 9.10. The van der Waals surface area contributed by atoms with Crippen LogP contribution in [0.3, 0.4) is 0 Å². The molecule has 1 aromatic rings. The molecule has 0 unspecified atom stereocenters. The Hall–Kier alpha value is -0.160. The number of aromatic nitrogens is 1. The first-order chi connectivity index (χ1) is 7.27. The van der Waals surface area contributed by atoms with Gasteiger partial charge in [-0.3, -0.25) is 4.98 Å². The minimum Gasteiger partial charge on any atom is -0.381 e. The lowest BCUT2D eigenvalue weighted by Gasteiger charge is -2.27. The van der Waals surface area contributed by atoms with Gasteiger partial charge in [0.25, 0.3) is 0 Å². The lowest BCUT2D eigenvalue weighted by atomic mass is 9.88. The summed E-state index contributed by atoms with van der Waals surface area (Å²) in [6.07, 6.45) is 5.73. The van der Waals surface area contributed by atoms with Gasteiger partial charge in [0.05, 0.1) is 0 Å². The van der Waals surface area contributed by atoms with Gasteiger partial charge in [-0.05, 0) is 46.3 Å². The number of rotatable bonds is 2. The molecule has 2 N–H and O–H groups in total. The maximum absolute atomic E-state index is 6.22. The first-order valence-electron chi connectivity index (χ1n) is 5.21. The van der Waals surface area contributed by atoms with Crippen molar-refractivity contribution < 1.29 is 4.74 Å². The van der Waals surface area contributed by atoms with Crippen LogP contribution in [0.15, 0.2) is 22.9 Å². The molecule has 0 aliphatic carbocycles. The molecule has 0 bridgehead atoms. The largest absolute Gasteiger partial charge is 0.381 e. The molecule has 90 valence electrons. The number of hydrogen-bond acceptors (Lipinski definition) is 3. The van der Waals surface area contributed by atoms with Crippen molar-refractivity contribution in [1.29, 1.82) is 0 Å². The fourth-order valence-corrected chi connectivity index (χ4v) is 2.34. The number of ether oxygens (including phenoxy) is 1. The van der Waals surface area contributed by atoms with Crippen LogP contribution in [-0.2, 0) is 4.74 Å². The molecule has 0 saturated carbocycles. The van der Waals surface area contributed by atoms with Crippen molar-refractivity contribution in [2.24, 2.45) is 11.7 Å². The van der Waals surface area contributed by atoms with Gasteiger partial charge in [-0.2, -0.15) is 0 Å². The molecule has 2 rings (SSSR count). The second-order valence-corrected chi connectivity index (χ2v) is 4.83. The normalized spacial score (nSPS) is 18.9. The van der Waals surface area contributed by atoms with E-state index in [1.54, 1.807) is 6.20 Å². The third kappa shape index (κ3) is 3.42. The molecule has 3 nitrogen and oxygen atoms in total. The molecule has 5 heteroatoms. The molecular weight excluding hydrogens is 291 g/mol. The Morgan fingerprint density at radius 1 is 1.38 bits per heavy atom. The van der Waals surface area contributed by atoms with Gasteiger partial charge in [-0.25, -0.2) is 0 Å². The molecule has 1 aromatic heterocycles. The van der Waals surface area contributed by atoms with Gasteiger partial charge in [0.15, 0.2) is 0 Å². The van der Waals surface area contributed by atoms with E-state index in [9.17, 15) is 0 Å². The number of pyridine rings is 1. The molecule has 1 saturated heterocycles. The van der Waals surface area contributed by atoms with Gasteiger partial charge in [0.2, 0.25) is 0 Å². The van der Waals surface area contributed by atoms with Crippen LogP contribution in [0.2, 0.25) is 0 Å². The second kappa shape index (κ2) is 6.55. The molecule has 1 fully saturated rings. The lowest BCUT2D eigenvalue weighted by molar-refractivity contribution is 0.0583. The monoisotopic (exact) mass is 306 g/mol. The Kier molecular flexibility index (Phi) is 5.69. The van der Waals surface area contributed by atoms with Crippen LogP contribution in [0.1, 0.15) is 24.4 Å². The van der Waals surface area contributed by atoms with E-state index in [1.807, 2.05) is 12.3 Å². The van der Waals surface area contributed by atoms with Crippen LogP contribution in [0.4, 0.5) is 0 Å². The molecule has 2 heterocycles. The summed E-state index contributed by atoms with van der Waals surface area (Å²) in [6, 6.07) is 2.13. The van der Waals surface area contributed by atoms with E-state index in [4.69, 9.17) is 10.5 Å². The summed E-state index contributed by atoms with van der Waals surface area (Å²) >= 11 is 3.41. The van der Waals surface area contributed by atoms with Crippen LogP contribution in [0.5, 0.6) is 0 Å². The first kappa shape index (κ1) is 13.9. The van der Waals surface area contributed by atoms with Crippen LogP contribution >= 0.6 is 28.3 Å². The molecule has 0 spiro atoms. The Balaban J connectivity index is 0.00000128. The lowest BCUT2D eigenvalue weighted by Crippen LogP contribution is -2.27. The predicted molar refractivity (Wildman–Crippen MR) is 69.7 cm³/mol. The van der Waals surface area contributed by atoms with Crippen molar-refractivity contribution in [3.8, 4) is 0 Å². The minimum atomic E-state index is 0. The van der Waals surface area contributed by atoms with Gasteiger partial charge >= 0.3 is 0 Å². The fraction of sp³-hybridized carbons (Fsp3) is 0.545. The van der Waals surface area contributed by atoms with Crippen molar-refractivity contribution in [3.63, 3.8) is 0 Å². The molecule has 1 aliphatic rings. The quantitative estimate of drug-likeness (QED) is 0.914. The summed E-state index contributed by atoms with van der Waals surface area (Å²) in [5.74, 6) is 0.523. The first-order valence-corrected chi connectivity index (χ1v) is 6.00. The van der Waals surface area contributed by atoms with Gasteiger partial charge in [-0.15, -0.1) is 12.4 Å². The van der Waals surface area contributed by atoms with E-state index >= 15 is 0 Å². The van der Waals surface area contributed by atoms with E-state index in [0.29, 0.717) is 5.92 Å². The number of hydrogen-bond donors (Lipinski definition) is 1. The molecule has 0 radical (unpaired) electrons. The standard InChI is InChI=1S/C11H15BrN2O.ClH/c12-10-5-9(6-14-7-10)11(13)8-1-3-15-4-2-8;/h5-8,11H,1-4,13H2;1H/t11-;/m0./s1. The molecular formula is C11H16BrClN2O. The summed E-state index contributed by atoms with van der Waals surface area (Å²) in [5, 5.41) is 0. The molecule has 1 atom stereocenters. The van der Waals surface area contributed by atoms with E-state index < -0.39 is 0 Å². The van der Waals surface area contributed by atoms with Gasteiger partial charge in [0.1, 0.15) is 0 Å². The Bertz CT molecular complexity index is 332. The SMILES string of the molecule is Cl.N[C@H](c1cncc(Br)c1)C1CCOCC1. The topological polar surface area (TPSA) is 48.1 Å². The van der Waals surface area contributed by atoms with Crippen molar-refractivity contribution >= 4 is 28.3 Å². The van der Waals surface area contributed by atoms with Gasteiger partial charge in [-0.1, -0.05) is 0 Å². The molecule has 1 aliphatic heterocycles. The van der Waals surface area contributed by atoms with Crippen molar-refractivity contribution in [1.82, 2.24) is 4.98 Å². The predicted octanol–water partition coefficient (Wildman–Crippen LogP) is 2.69. The highest BCUT2D eigenvalue weighted by Crippen LogP contribution is 2.28. The summed E-state index contributed by atoms with van der Waals surface area (Å²) in [7, 11) is 0. The van der Waals surface area contributed by atoms with Crippen LogP contribution in [-0.4, -0.2) is 18.2 Å². The zero-order chi connectivity index (χ0) is 10.7. The Morgan fingerprint density at radius 2 is 2.06 bits per heavy atom. The number of nitrogens with zero attached hydrogens (tertiary/aromatic N) is 1. The third-order valence-corrected chi connectivity index (χ3v) is 3.32. The van der Waals surface area contributed by atoms with Crippen molar-refractivity contribution in [3.05, 3.63) is 28.5 Å². The van der Waals surface area contributed by atoms with Crippen molar-refractivity contribution in [2.75, 3.05) is 13.2 Å². The fourth-order valence-electron chi connectivity index (χ4n) is 1.96.